The fraction of sp³-hybridized carbons (Fsp3) is 1.00. The lowest BCUT2D eigenvalue weighted by atomic mass is 10.2. The molecule has 0 amide bonds. The van der Waals surface area contributed by atoms with E-state index in [9.17, 15) is 0 Å². The maximum Gasteiger partial charge on any atom is 0.0810 e. The molecule has 1 rings (SSSR count). The predicted octanol–water partition coefficient (Wildman–Crippen LogP) is 0.339. The van der Waals surface area contributed by atoms with Crippen LogP contribution in [-0.2, 0) is 4.74 Å². The fourth-order valence-electron chi connectivity index (χ4n) is 0.857. The molecule has 0 aromatic carbocycles. The van der Waals surface area contributed by atoms with Gasteiger partial charge in [0.1, 0.15) is 0 Å². The quantitative estimate of drug-likeness (QED) is 0.304. The number of hydrogen-bond acceptors (Lipinski definition) is 1. The Balaban J connectivity index is 1.74. The lowest BCUT2D eigenvalue weighted by Crippen LogP contribution is -1.83. The lowest BCUT2D eigenvalue weighted by Gasteiger charge is -1.90. The molecule has 0 saturated carbocycles. The van der Waals surface area contributed by atoms with E-state index < -0.39 is 0 Å². The Hall–Kier alpha value is 0.177. The summed E-state index contributed by atoms with van der Waals surface area (Å²) in [5.74, 6) is 0. The Kier molecular flexibility index (Phi) is 2.56. The third kappa shape index (κ3) is 2.48. The van der Waals surface area contributed by atoms with Crippen LogP contribution in [0.4, 0.5) is 0 Å². The van der Waals surface area contributed by atoms with Crippen molar-refractivity contribution in [3.63, 3.8) is 0 Å². The van der Waals surface area contributed by atoms with E-state index >= 15 is 0 Å². The van der Waals surface area contributed by atoms with Gasteiger partial charge >= 0.3 is 0 Å². The standard InChI is InChI=1S/C6H14OSi/c8-4-2-1-3-6-5-7-6/h6H,1-5H2,8H3. The molecule has 1 atom stereocenters. The minimum Gasteiger partial charge on any atom is -0.373 e. The largest absolute Gasteiger partial charge is 0.373 e. The van der Waals surface area contributed by atoms with Crippen LogP contribution in [0.25, 0.3) is 0 Å². The van der Waals surface area contributed by atoms with Gasteiger partial charge in [-0.1, -0.05) is 18.9 Å². The Morgan fingerprint density at radius 2 is 2.25 bits per heavy atom. The van der Waals surface area contributed by atoms with Crippen molar-refractivity contribution in [1.29, 1.82) is 0 Å². The van der Waals surface area contributed by atoms with Crippen LogP contribution in [0.2, 0.25) is 6.04 Å². The van der Waals surface area contributed by atoms with Gasteiger partial charge < -0.3 is 4.74 Å². The van der Waals surface area contributed by atoms with Gasteiger partial charge in [-0.15, -0.1) is 0 Å². The molecule has 0 aliphatic carbocycles. The molecule has 1 saturated heterocycles. The fourth-order valence-corrected chi connectivity index (χ4v) is 1.36. The second-order valence-corrected chi connectivity index (χ2v) is 3.45. The number of unbranched alkanes of at least 4 members (excludes halogenated alkanes) is 1. The van der Waals surface area contributed by atoms with Crippen molar-refractivity contribution >= 4 is 10.2 Å². The molecule has 0 bridgehead atoms. The summed E-state index contributed by atoms with van der Waals surface area (Å²) < 4.78 is 5.07. The minimum absolute atomic E-state index is 0.670. The van der Waals surface area contributed by atoms with Gasteiger partial charge in [-0.05, 0) is 6.42 Å². The molecule has 48 valence electrons. The molecular formula is C6H14OSi. The van der Waals surface area contributed by atoms with Crippen molar-refractivity contribution in [2.45, 2.75) is 31.4 Å². The van der Waals surface area contributed by atoms with Crippen molar-refractivity contribution in [3.8, 4) is 0 Å². The highest BCUT2D eigenvalue weighted by molar-refractivity contribution is 6.08. The molecule has 2 heteroatoms. The number of ether oxygens (including phenoxy) is 1. The van der Waals surface area contributed by atoms with E-state index in [-0.39, 0.29) is 0 Å². The summed E-state index contributed by atoms with van der Waals surface area (Å²) in [7, 11) is 1.38. The average Bonchev–Trinajstić information content (AvgIpc) is 2.51. The second-order valence-electron chi connectivity index (χ2n) is 2.45. The normalized spacial score (nSPS) is 26.2. The molecule has 0 radical (unpaired) electrons. The first kappa shape index (κ1) is 6.30. The van der Waals surface area contributed by atoms with E-state index in [1.54, 1.807) is 0 Å². The van der Waals surface area contributed by atoms with Crippen molar-refractivity contribution < 1.29 is 4.74 Å². The first-order chi connectivity index (χ1) is 3.93. The molecular weight excluding hydrogens is 116 g/mol. The molecule has 0 N–H and O–H groups in total. The SMILES string of the molecule is [SiH3]CCCCC1CO1. The van der Waals surface area contributed by atoms with Crippen LogP contribution in [0.1, 0.15) is 19.3 Å². The lowest BCUT2D eigenvalue weighted by molar-refractivity contribution is 0.391. The van der Waals surface area contributed by atoms with E-state index in [0.717, 1.165) is 6.61 Å². The van der Waals surface area contributed by atoms with Crippen LogP contribution >= 0.6 is 0 Å². The molecule has 1 heterocycles. The minimum atomic E-state index is 0.670. The van der Waals surface area contributed by atoms with Gasteiger partial charge in [0, 0.05) is 10.2 Å². The molecule has 1 aliphatic rings. The third-order valence-corrected chi connectivity index (χ3v) is 2.24. The maximum atomic E-state index is 5.07. The zero-order valence-corrected chi connectivity index (χ0v) is 7.52. The summed E-state index contributed by atoms with van der Waals surface area (Å²) >= 11 is 0. The summed E-state index contributed by atoms with van der Waals surface area (Å²) in [6.45, 7) is 1.04. The Morgan fingerprint density at radius 1 is 1.50 bits per heavy atom. The molecule has 1 aliphatic heterocycles. The van der Waals surface area contributed by atoms with Crippen molar-refractivity contribution in [3.05, 3.63) is 0 Å². The van der Waals surface area contributed by atoms with Crippen LogP contribution in [0, 0.1) is 0 Å². The van der Waals surface area contributed by atoms with Gasteiger partial charge in [-0.25, -0.2) is 0 Å². The van der Waals surface area contributed by atoms with Gasteiger partial charge in [-0.2, -0.15) is 0 Å². The second kappa shape index (κ2) is 3.25. The third-order valence-electron chi connectivity index (χ3n) is 1.53. The highest BCUT2D eigenvalue weighted by Gasteiger charge is 2.20. The van der Waals surface area contributed by atoms with Crippen LogP contribution in [-0.4, -0.2) is 23.0 Å². The van der Waals surface area contributed by atoms with Gasteiger partial charge in [0.25, 0.3) is 0 Å². The summed E-state index contributed by atoms with van der Waals surface area (Å²) in [5, 5.41) is 0. The topological polar surface area (TPSA) is 12.5 Å². The van der Waals surface area contributed by atoms with Crippen LogP contribution < -0.4 is 0 Å². The summed E-state index contributed by atoms with van der Waals surface area (Å²) in [4.78, 5) is 0. The monoisotopic (exact) mass is 130 g/mol. The van der Waals surface area contributed by atoms with Crippen molar-refractivity contribution in [2.75, 3.05) is 6.61 Å². The summed E-state index contributed by atoms with van der Waals surface area (Å²) in [6, 6.07) is 1.46. The van der Waals surface area contributed by atoms with Crippen LogP contribution in [0.5, 0.6) is 0 Å². The Morgan fingerprint density at radius 3 is 2.75 bits per heavy atom. The molecule has 1 nitrogen and oxygen atoms in total. The van der Waals surface area contributed by atoms with E-state index in [1.807, 2.05) is 0 Å². The predicted molar refractivity (Wildman–Crippen MR) is 38.3 cm³/mol. The molecule has 0 spiro atoms. The number of epoxide rings is 1. The smallest absolute Gasteiger partial charge is 0.0810 e. The summed E-state index contributed by atoms with van der Waals surface area (Å²) in [6.07, 6.45) is 4.82. The van der Waals surface area contributed by atoms with E-state index in [4.69, 9.17) is 4.74 Å². The maximum absolute atomic E-state index is 5.07. The summed E-state index contributed by atoms with van der Waals surface area (Å²) in [5.41, 5.74) is 0. The molecule has 1 unspecified atom stereocenters. The highest BCUT2D eigenvalue weighted by Crippen LogP contribution is 2.16. The van der Waals surface area contributed by atoms with Crippen LogP contribution in [0.15, 0.2) is 0 Å². The van der Waals surface area contributed by atoms with Gasteiger partial charge in [-0.3, -0.25) is 0 Å². The van der Waals surface area contributed by atoms with Crippen molar-refractivity contribution in [2.24, 2.45) is 0 Å². The van der Waals surface area contributed by atoms with Gasteiger partial charge in [0.05, 0.1) is 12.7 Å². The van der Waals surface area contributed by atoms with Gasteiger partial charge in [0.15, 0.2) is 0 Å². The van der Waals surface area contributed by atoms with Crippen LogP contribution in [0.3, 0.4) is 0 Å². The van der Waals surface area contributed by atoms with E-state index in [2.05, 4.69) is 0 Å². The highest BCUT2D eigenvalue weighted by atomic mass is 28.1. The Labute approximate surface area is 53.8 Å². The number of hydrogen-bond donors (Lipinski definition) is 0. The molecule has 0 aromatic heterocycles. The Bertz CT molecular complexity index is 61.5. The number of rotatable bonds is 4. The zero-order chi connectivity index (χ0) is 5.82. The molecule has 1 fully saturated rings. The first-order valence-electron chi connectivity index (χ1n) is 3.55. The zero-order valence-electron chi connectivity index (χ0n) is 5.52. The van der Waals surface area contributed by atoms with Crippen molar-refractivity contribution in [1.82, 2.24) is 0 Å². The first-order valence-corrected chi connectivity index (χ1v) is 4.96. The molecule has 0 aromatic rings. The average molecular weight is 130 g/mol. The van der Waals surface area contributed by atoms with E-state index in [1.165, 1.54) is 35.5 Å². The van der Waals surface area contributed by atoms with E-state index in [0.29, 0.717) is 6.10 Å². The molecule has 8 heavy (non-hydrogen) atoms. The van der Waals surface area contributed by atoms with Gasteiger partial charge in [0.2, 0.25) is 0 Å².